The fourth-order valence-electron chi connectivity index (χ4n) is 2.11. The van der Waals surface area contributed by atoms with Gasteiger partial charge in [-0.05, 0) is 13.8 Å². The SMILES string of the molecule is CCOC(=O)C(F)(F)C1(Cl)OC[C@H]2ON=C(C)[C@H]21. The lowest BCUT2D eigenvalue weighted by atomic mass is 9.90. The molecule has 0 saturated carbocycles. The van der Waals surface area contributed by atoms with Gasteiger partial charge in [0.25, 0.3) is 0 Å². The highest BCUT2D eigenvalue weighted by Gasteiger charge is 2.71. The molecule has 18 heavy (non-hydrogen) atoms. The molecule has 0 aromatic rings. The summed E-state index contributed by atoms with van der Waals surface area (Å²) < 4.78 is 37.4. The van der Waals surface area contributed by atoms with Gasteiger partial charge >= 0.3 is 11.9 Å². The maximum atomic E-state index is 14.1. The molecule has 2 aliphatic heterocycles. The van der Waals surface area contributed by atoms with E-state index < -0.39 is 29.0 Å². The van der Waals surface area contributed by atoms with Crippen LogP contribution in [-0.4, -0.2) is 42.0 Å². The second kappa shape index (κ2) is 4.31. The molecule has 2 rings (SSSR count). The third kappa shape index (κ3) is 1.68. The minimum absolute atomic E-state index is 0.149. The van der Waals surface area contributed by atoms with E-state index >= 15 is 0 Å². The van der Waals surface area contributed by atoms with Crippen molar-refractivity contribution in [2.45, 2.75) is 30.9 Å². The van der Waals surface area contributed by atoms with Crippen molar-refractivity contribution < 1.29 is 27.9 Å². The van der Waals surface area contributed by atoms with Crippen molar-refractivity contribution in [1.82, 2.24) is 0 Å². The van der Waals surface area contributed by atoms with E-state index in [1.54, 1.807) is 0 Å². The van der Waals surface area contributed by atoms with Gasteiger partial charge in [0.2, 0.25) is 5.06 Å². The van der Waals surface area contributed by atoms with Crippen LogP contribution < -0.4 is 0 Å². The number of halogens is 3. The Morgan fingerprint density at radius 3 is 3.00 bits per heavy atom. The van der Waals surface area contributed by atoms with Crippen LogP contribution >= 0.6 is 11.6 Å². The van der Waals surface area contributed by atoms with Gasteiger partial charge in [0.1, 0.15) is 0 Å². The van der Waals surface area contributed by atoms with Crippen molar-refractivity contribution in [1.29, 1.82) is 0 Å². The first-order valence-corrected chi connectivity index (χ1v) is 5.80. The summed E-state index contributed by atoms with van der Waals surface area (Å²) in [6, 6.07) is 0. The number of oxime groups is 1. The van der Waals surface area contributed by atoms with Gasteiger partial charge < -0.3 is 14.3 Å². The summed E-state index contributed by atoms with van der Waals surface area (Å²) in [6.07, 6.45) is -0.692. The van der Waals surface area contributed by atoms with Crippen LogP contribution in [0.25, 0.3) is 0 Å². The van der Waals surface area contributed by atoms with Crippen LogP contribution in [-0.2, 0) is 19.1 Å². The minimum atomic E-state index is -3.98. The van der Waals surface area contributed by atoms with Gasteiger partial charge in [-0.1, -0.05) is 16.8 Å². The zero-order chi connectivity index (χ0) is 13.6. The average Bonchev–Trinajstić information content (AvgIpc) is 2.83. The van der Waals surface area contributed by atoms with Gasteiger partial charge in [-0.3, -0.25) is 0 Å². The van der Waals surface area contributed by atoms with E-state index in [9.17, 15) is 13.6 Å². The van der Waals surface area contributed by atoms with Gasteiger partial charge in [0.05, 0.1) is 24.8 Å². The van der Waals surface area contributed by atoms with E-state index in [-0.39, 0.29) is 18.9 Å². The zero-order valence-electron chi connectivity index (χ0n) is 9.78. The van der Waals surface area contributed by atoms with Gasteiger partial charge in [0, 0.05) is 0 Å². The molecule has 2 aliphatic rings. The smallest absolute Gasteiger partial charge is 0.385 e. The molecule has 8 heteroatoms. The van der Waals surface area contributed by atoms with Gasteiger partial charge in [-0.15, -0.1) is 0 Å². The summed E-state index contributed by atoms with van der Waals surface area (Å²) >= 11 is 5.85. The van der Waals surface area contributed by atoms with E-state index in [0.717, 1.165) is 0 Å². The molecule has 0 aromatic carbocycles. The van der Waals surface area contributed by atoms with E-state index in [1.165, 1.54) is 13.8 Å². The summed E-state index contributed by atoms with van der Waals surface area (Å²) in [4.78, 5) is 16.2. The Morgan fingerprint density at radius 1 is 1.72 bits per heavy atom. The standard InChI is InChI=1S/C10H12ClF2NO4/c1-3-16-8(15)10(12,13)9(11)7-5(2)14-18-6(7)4-17-9/h6-7H,3-4H2,1-2H3/t6-,7-,9?/m1/s1. The number of esters is 1. The number of carbonyl (C=O) groups is 1. The Kier molecular flexibility index (Phi) is 3.23. The van der Waals surface area contributed by atoms with Crippen LogP contribution in [0.2, 0.25) is 0 Å². The van der Waals surface area contributed by atoms with E-state index in [1.807, 2.05) is 0 Å². The predicted octanol–water partition coefficient (Wildman–Crippen LogP) is 1.54. The highest BCUT2D eigenvalue weighted by atomic mass is 35.5. The Labute approximate surface area is 107 Å². The monoisotopic (exact) mass is 283 g/mol. The van der Waals surface area contributed by atoms with Crippen molar-refractivity contribution in [3.63, 3.8) is 0 Å². The van der Waals surface area contributed by atoms with Crippen LogP contribution in [0, 0.1) is 5.92 Å². The first-order chi connectivity index (χ1) is 8.34. The lowest BCUT2D eigenvalue weighted by molar-refractivity contribution is -0.199. The molecular weight excluding hydrogens is 272 g/mol. The summed E-state index contributed by atoms with van der Waals surface area (Å²) in [5.74, 6) is -6.66. The van der Waals surface area contributed by atoms with E-state index in [0.29, 0.717) is 0 Å². The topological polar surface area (TPSA) is 57.1 Å². The molecule has 0 bridgehead atoms. The average molecular weight is 284 g/mol. The Bertz CT molecular complexity index is 403. The number of carbonyl (C=O) groups excluding carboxylic acids is 1. The number of ether oxygens (including phenoxy) is 2. The molecule has 0 aliphatic carbocycles. The Balaban J connectivity index is 2.31. The number of nitrogens with zero attached hydrogens (tertiary/aromatic N) is 1. The molecule has 0 aromatic heterocycles. The fourth-order valence-corrected chi connectivity index (χ4v) is 2.55. The molecule has 0 N–H and O–H groups in total. The summed E-state index contributed by atoms with van der Waals surface area (Å²) in [6.45, 7) is 2.61. The highest BCUT2D eigenvalue weighted by molar-refractivity contribution is 6.27. The summed E-state index contributed by atoms with van der Waals surface area (Å²) in [7, 11) is 0. The van der Waals surface area contributed by atoms with E-state index in [4.69, 9.17) is 21.2 Å². The van der Waals surface area contributed by atoms with Crippen molar-refractivity contribution in [3.05, 3.63) is 0 Å². The maximum absolute atomic E-state index is 14.1. The molecule has 1 saturated heterocycles. The summed E-state index contributed by atoms with van der Waals surface area (Å²) in [5, 5.41) is 1.10. The lowest BCUT2D eigenvalue weighted by Crippen LogP contribution is -2.55. The van der Waals surface area contributed by atoms with Gasteiger partial charge in [0.15, 0.2) is 6.10 Å². The van der Waals surface area contributed by atoms with Crippen molar-refractivity contribution in [2.24, 2.45) is 11.1 Å². The molecule has 102 valence electrons. The molecule has 5 nitrogen and oxygen atoms in total. The minimum Gasteiger partial charge on any atom is -0.461 e. The van der Waals surface area contributed by atoms with Crippen LogP contribution in [0.15, 0.2) is 5.16 Å². The van der Waals surface area contributed by atoms with Crippen molar-refractivity contribution in [3.8, 4) is 0 Å². The molecule has 3 atom stereocenters. The second-order valence-corrected chi connectivity index (χ2v) is 4.67. The van der Waals surface area contributed by atoms with Crippen LogP contribution in [0.5, 0.6) is 0 Å². The van der Waals surface area contributed by atoms with Gasteiger partial charge in [-0.2, -0.15) is 8.78 Å². The second-order valence-electron chi connectivity index (χ2n) is 4.11. The molecule has 0 amide bonds. The quantitative estimate of drug-likeness (QED) is 0.582. The first-order valence-electron chi connectivity index (χ1n) is 5.42. The molecule has 1 fully saturated rings. The largest absolute Gasteiger partial charge is 0.461 e. The van der Waals surface area contributed by atoms with Crippen molar-refractivity contribution in [2.75, 3.05) is 13.2 Å². The normalized spacial score (nSPS) is 34.8. The molecule has 0 spiro atoms. The number of alkyl halides is 3. The lowest BCUT2D eigenvalue weighted by Gasteiger charge is -2.32. The van der Waals surface area contributed by atoms with Crippen LogP contribution in [0.3, 0.4) is 0 Å². The Hall–Kier alpha value is -0.950. The molecule has 1 unspecified atom stereocenters. The molecule has 2 heterocycles. The number of fused-ring (bicyclic) bond motifs is 1. The van der Waals surface area contributed by atoms with Crippen molar-refractivity contribution >= 4 is 23.3 Å². The van der Waals surface area contributed by atoms with Gasteiger partial charge in [-0.25, -0.2) is 4.79 Å². The third-order valence-corrected chi connectivity index (χ3v) is 3.55. The predicted molar refractivity (Wildman–Crippen MR) is 57.6 cm³/mol. The first kappa shape index (κ1) is 13.5. The third-order valence-electron chi connectivity index (χ3n) is 2.97. The fraction of sp³-hybridized carbons (Fsp3) is 0.800. The van der Waals surface area contributed by atoms with E-state index in [2.05, 4.69) is 9.89 Å². The molecule has 0 radical (unpaired) electrons. The summed E-state index contributed by atoms with van der Waals surface area (Å²) in [5.41, 5.74) is 0.275. The number of hydrogen-bond acceptors (Lipinski definition) is 5. The maximum Gasteiger partial charge on any atom is 0.385 e. The number of rotatable bonds is 3. The number of hydrogen-bond donors (Lipinski definition) is 0. The van der Waals surface area contributed by atoms with Crippen LogP contribution in [0.1, 0.15) is 13.8 Å². The highest BCUT2D eigenvalue weighted by Crippen LogP contribution is 2.50. The zero-order valence-corrected chi connectivity index (χ0v) is 10.5. The Morgan fingerprint density at radius 2 is 2.39 bits per heavy atom. The molecular formula is C10H12ClF2NO4. The van der Waals surface area contributed by atoms with Crippen LogP contribution in [0.4, 0.5) is 8.78 Å².